The Kier molecular flexibility index (Phi) is 6.64. The minimum absolute atomic E-state index is 0.0966. The lowest BCUT2D eigenvalue weighted by molar-refractivity contribution is -0.120. The fourth-order valence-corrected chi connectivity index (χ4v) is 2.43. The third kappa shape index (κ3) is 5.25. The van der Waals surface area contributed by atoms with E-state index in [-0.39, 0.29) is 24.3 Å². The highest BCUT2D eigenvalue weighted by atomic mass is 35.5. The molecule has 0 spiro atoms. The van der Waals surface area contributed by atoms with Crippen LogP contribution >= 0.6 is 23.2 Å². The number of nitrogens with one attached hydrogen (secondary N) is 2. The zero-order chi connectivity index (χ0) is 17.5. The Morgan fingerprint density at radius 1 is 1.00 bits per heavy atom. The van der Waals surface area contributed by atoms with Crippen molar-refractivity contribution in [2.75, 3.05) is 13.1 Å². The van der Waals surface area contributed by atoms with Gasteiger partial charge in [0.05, 0.1) is 16.6 Å². The van der Waals surface area contributed by atoms with Gasteiger partial charge in [0.1, 0.15) is 0 Å². The van der Waals surface area contributed by atoms with E-state index < -0.39 is 0 Å². The molecule has 2 aromatic carbocycles. The molecule has 2 amide bonds. The molecule has 0 aliphatic heterocycles. The van der Waals surface area contributed by atoms with Crippen LogP contribution in [0, 0.1) is 0 Å². The summed E-state index contributed by atoms with van der Waals surface area (Å²) in [6.45, 7) is 2.44. The van der Waals surface area contributed by atoms with Crippen molar-refractivity contribution < 1.29 is 9.59 Å². The molecule has 1 atom stereocenters. The first-order valence-corrected chi connectivity index (χ1v) is 8.28. The maximum atomic E-state index is 12.0. The highest BCUT2D eigenvalue weighted by molar-refractivity contribution is 6.42. The van der Waals surface area contributed by atoms with Crippen LogP contribution in [0.15, 0.2) is 48.5 Å². The van der Waals surface area contributed by atoms with Crippen LogP contribution in [0.1, 0.15) is 28.8 Å². The number of amides is 2. The molecule has 126 valence electrons. The topological polar surface area (TPSA) is 58.2 Å². The summed E-state index contributed by atoms with van der Waals surface area (Å²) < 4.78 is 0. The van der Waals surface area contributed by atoms with E-state index in [0.717, 1.165) is 5.56 Å². The Bertz CT molecular complexity index is 720. The van der Waals surface area contributed by atoms with Crippen LogP contribution in [0.5, 0.6) is 0 Å². The van der Waals surface area contributed by atoms with Crippen molar-refractivity contribution >= 4 is 35.0 Å². The van der Waals surface area contributed by atoms with Gasteiger partial charge < -0.3 is 10.6 Å². The minimum atomic E-state index is -0.375. The summed E-state index contributed by atoms with van der Waals surface area (Å²) in [6, 6.07) is 14.5. The second-order valence-electron chi connectivity index (χ2n) is 5.43. The third-order valence-electron chi connectivity index (χ3n) is 3.57. The van der Waals surface area contributed by atoms with Crippen molar-refractivity contribution in [1.82, 2.24) is 10.6 Å². The predicted molar refractivity (Wildman–Crippen MR) is 96.7 cm³/mol. The predicted octanol–water partition coefficient (Wildman–Crippen LogP) is 3.64. The van der Waals surface area contributed by atoms with Gasteiger partial charge in [0.15, 0.2) is 0 Å². The van der Waals surface area contributed by atoms with E-state index in [1.165, 1.54) is 6.07 Å². The fraction of sp³-hybridized carbons (Fsp3) is 0.222. The van der Waals surface area contributed by atoms with Crippen LogP contribution in [0.2, 0.25) is 10.0 Å². The third-order valence-corrected chi connectivity index (χ3v) is 4.30. The van der Waals surface area contributed by atoms with Crippen molar-refractivity contribution in [1.29, 1.82) is 0 Å². The molecule has 0 aromatic heterocycles. The first-order chi connectivity index (χ1) is 11.5. The molecule has 0 aliphatic carbocycles. The van der Waals surface area contributed by atoms with Crippen molar-refractivity contribution in [2.45, 2.75) is 12.8 Å². The molecular weight excluding hydrogens is 347 g/mol. The maximum absolute atomic E-state index is 12.0. The maximum Gasteiger partial charge on any atom is 0.251 e. The van der Waals surface area contributed by atoms with Gasteiger partial charge in [-0.1, -0.05) is 60.5 Å². The molecule has 2 N–H and O–H groups in total. The number of carbonyl (C=O) groups is 2. The van der Waals surface area contributed by atoms with Gasteiger partial charge in [0.2, 0.25) is 5.91 Å². The van der Waals surface area contributed by atoms with Crippen LogP contribution in [-0.2, 0) is 4.79 Å². The van der Waals surface area contributed by atoms with Gasteiger partial charge in [-0.3, -0.25) is 9.59 Å². The first kappa shape index (κ1) is 18.3. The van der Waals surface area contributed by atoms with E-state index in [2.05, 4.69) is 10.6 Å². The molecule has 0 radical (unpaired) electrons. The lowest BCUT2D eigenvalue weighted by Crippen LogP contribution is -2.38. The number of carbonyl (C=O) groups excluding carboxylic acids is 2. The molecule has 4 nitrogen and oxygen atoms in total. The van der Waals surface area contributed by atoms with Crippen LogP contribution in [0.25, 0.3) is 0 Å². The molecule has 2 rings (SSSR count). The average Bonchev–Trinajstić information content (AvgIpc) is 2.60. The molecular formula is C18H18Cl2N2O2. The molecule has 0 bridgehead atoms. The van der Waals surface area contributed by atoms with Crippen LogP contribution < -0.4 is 10.6 Å². The smallest absolute Gasteiger partial charge is 0.251 e. The average molecular weight is 365 g/mol. The van der Waals surface area contributed by atoms with Gasteiger partial charge >= 0.3 is 0 Å². The van der Waals surface area contributed by atoms with Gasteiger partial charge in [-0.25, -0.2) is 0 Å². The minimum Gasteiger partial charge on any atom is -0.354 e. The van der Waals surface area contributed by atoms with Crippen molar-refractivity contribution in [3.63, 3.8) is 0 Å². The Hall–Kier alpha value is -2.04. The molecule has 0 fully saturated rings. The summed E-state index contributed by atoms with van der Waals surface area (Å²) in [4.78, 5) is 23.8. The largest absolute Gasteiger partial charge is 0.354 e. The van der Waals surface area contributed by atoms with E-state index >= 15 is 0 Å². The first-order valence-electron chi connectivity index (χ1n) is 7.52. The second kappa shape index (κ2) is 8.71. The molecule has 2 aromatic rings. The van der Waals surface area contributed by atoms with E-state index in [0.29, 0.717) is 22.2 Å². The summed E-state index contributed by atoms with van der Waals surface area (Å²) in [5, 5.41) is 6.04. The fourth-order valence-electron chi connectivity index (χ4n) is 2.13. The molecule has 24 heavy (non-hydrogen) atoms. The molecule has 0 heterocycles. The number of hydrogen-bond donors (Lipinski definition) is 2. The Morgan fingerprint density at radius 3 is 2.38 bits per heavy atom. The SMILES string of the molecule is C[C@@H](CNC(=O)CNC(=O)c1ccc(Cl)c(Cl)c1)c1ccccc1. The number of benzene rings is 2. The lowest BCUT2D eigenvalue weighted by atomic mass is 10.0. The van der Waals surface area contributed by atoms with Crippen LogP contribution in [-0.4, -0.2) is 24.9 Å². The van der Waals surface area contributed by atoms with Crippen molar-refractivity contribution in [3.8, 4) is 0 Å². The quantitative estimate of drug-likeness (QED) is 0.821. The summed E-state index contributed by atoms with van der Waals surface area (Å²) in [5.74, 6) is -0.424. The molecule has 0 unspecified atom stereocenters. The van der Waals surface area contributed by atoms with Crippen LogP contribution in [0.3, 0.4) is 0 Å². The van der Waals surface area contributed by atoms with E-state index in [1.54, 1.807) is 12.1 Å². The van der Waals surface area contributed by atoms with Crippen LogP contribution in [0.4, 0.5) is 0 Å². The monoisotopic (exact) mass is 364 g/mol. The summed E-state index contributed by atoms with van der Waals surface area (Å²) >= 11 is 11.7. The van der Waals surface area contributed by atoms with Gasteiger partial charge in [0.25, 0.3) is 5.91 Å². The van der Waals surface area contributed by atoms with Crippen molar-refractivity contribution in [3.05, 3.63) is 69.7 Å². The lowest BCUT2D eigenvalue weighted by Gasteiger charge is -2.13. The summed E-state index contributed by atoms with van der Waals surface area (Å²) in [7, 11) is 0. The van der Waals surface area contributed by atoms with E-state index in [9.17, 15) is 9.59 Å². The highest BCUT2D eigenvalue weighted by Gasteiger charge is 2.11. The number of rotatable bonds is 6. The highest BCUT2D eigenvalue weighted by Crippen LogP contribution is 2.22. The molecule has 6 heteroatoms. The van der Waals surface area contributed by atoms with Gasteiger partial charge in [-0.05, 0) is 29.7 Å². The number of hydrogen-bond acceptors (Lipinski definition) is 2. The zero-order valence-corrected chi connectivity index (χ0v) is 14.7. The summed E-state index contributed by atoms with van der Waals surface area (Å²) in [6.07, 6.45) is 0. The zero-order valence-electron chi connectivity index (χ0n) is 13.2. The normalized spacial score (nSPS) is 11.6. The molecule has 0 saturated heterocycles. The van der Waals surface area contributed by atoms with E-state index in [1.807, 2.05) is 37.3 Å². The van der Waals surface area contributed by atoms with E-state index in [4.69, 9.17) is 23.2 Å². The Balaban J connectivity index is 1.78. The van der Waals surface area contributed by atoms with Gasteiger partial charge in [0, 0.05) is 12.1 Å². The summed E-state index contributed by atoms with van der Waals surface area (Å²) in [5.41, 5.74) is 1.51. The Labute approximate surface area is 151 Å². The van der Waals surface area contributed by atoms with Gasteiger partial charge in [-0.2, -0.15) is 0 Å². The van der Waals surface area contributed by atoms with Gasteiger partial charge in [-0.15, -0.1) is 0 Å². The standard InChI is InChI=1S/C18H18Cl2N2O2/c1-12(13-5-3-2-4-6-13)10-21-17(23)11-22-18(24)14-7-8-15(19)16(20)9-14/h2-9,12H,10-11H2,1H3,(H,21,23)(H,22,24)/t12-/m0/s1. The second-order valence-corrected chi connectivity index (χ2v) is 6.24. The Morgan fingerprint density at radius 2 is 1.71 bits per heavy atom. The molecule has 0 saturated carbocycles. The van der Waals surface area contributed by atoms with Crippen molar-refractivity contribution in [2.24, 2.45) is 0 Å². The molecule has 0 aliphatic rings. The number of halogens is 2.